The zero-order valence-corrected chi connectivity index (χ0v) is 16.4. The van der Waals surface area contributed by atoms with Gasteiger partial charge in [-0.3, -0.25) is 14.8 Å². The number of aromatic nitrogens is 3. The predicted octanol–water partition coefficient (Wildman–Crippen LogP) is 4.42. The van der Waals surface area contributed by atoms with Crippen molar-refractivity contribution in [1.29, 1.82) is 0 Å². The molecule has 0 aliphatic heterocycles. The predicted molar refractivity (Wildman–Crippen MR) is 108 cm³/mol. The lowest BCUT2D eigenvalue weighted by Crippen LogP contribution is -2.15. The Labute approximate surface area is 171 Å². The fraction of sp³-hybridized carbons (Fsp3) is 0.150. The molecular weight excluding hydrogens is 397 g/mol. The van der Waals surface area contributed by atoms with E-state index in [9.17, 15) is 9.18 Å². The fourth-order valence-corrected chi connectivity index (χ4v) is 2.57. The van der Waals surface area contributed by atoms with E-state index >= 15 is 0 Å². The summed E-state index contributed by atoms with van der Waals surface area (Å²) in [6.07, 6.45) is 7.54. The Hall–Kier alpha value is -3.39. The quantitative estimate of drug-likeness (QED) is 0.477. The maximum absolute atomic E-state index is 13.6. The number of amides is 1. The first kappa shape index (κ1) is 20.3. The van der Waals surface area contributed by atoms with Gasteiger partial charge in [-0.15, -0.1) is 0 Å². The van der Waals surface area contributed by atoms with Gasteiger partial charge in [0.1, 0.15) is 16.7 Å². The number of anilines is 1. The third-order valence-corrected chi connectivity index (χ3v) is 4.34. The Bertz CT molecular complexity index is 1060. The number of halogens is 2. The van der Waals surface area contributed by atoms with E-state index in [0.29, 0.717) is 28.7 Å². The van der Waals surface area contributed by atoms with Gasteiger partial charge in [-0.25, -0.2) is 9.37 Å². The van der Waals surface area contributed by atoms with Crippen molar-refractivity contribution in [3.05, 3.63) is 76.7 Å². The highest BCUT2D eigenvalue weighted by molar-refractivity contribution is 6.31. The largest absolute Gasteiger partial charge is 0.355 e. The van der Waals surface area contributed by atoms with Gasteiger partial charge in [-0.05, 0) is 25.5 Å². The molecule has 0 saturated heterocycles. The molecule has 0 aliphatic carbocycles. The van der Waals surface area contributed by atoms with Crippen LogP contribution in [0.2, 0.25) is 5.02 Å². The van der Waals surface area contributed by atoms with Crippen LogP contribution in [0.25, 0.3) is 0 Å². The highest BCUT2D eigenvalue weighted by Crippen LogP contribution is 2.22. The van der Waals surface area contributed by atoms with Crippen LogP contribution in [-0.2, 0) is 0 Å². The number of nitrogens with zero attached hydrogens (tertiary/aromatic N) is 4. The van der Waals surface area contributed by atoms with E-state index in [1.165, 1.54) is 19.3 Å². The minimum absolute atomic E-state index is 0.148. The standard InChI is InChI=1S/C20H17ClFN5O2/c1-3-17(27-29-18-6-7-23-10-15(18)21)13-4-5-19(25-8-13)26-20(28)14-9-24-11-16(22)12(14)2/h4-11H,3H2,1-2H3,(H,25,26,28)/b27-17+. The van der Waals surface area contributed by atoms with Crippen molar-refractivity contribution in [2.75, 3.05) is 5.32 Å². The molecule has 3 rings (SSSR count). The van der Waals surface area contributed by atoms with Gasteiger partial charge in [0.15, 0.2) is 5.75 Å². The Morgan fingerprint density at radius 3 is 2.72 bits per heavy atom. The molecule has 3 heterocycles. The fourth-order valence-electron chi connectivity index (χ4n) is 2.41. The minimum atomic E-state index is -0.543. The van der Waals surface area contributed by atoms with Crippen molar-refractivity contribution in [2.24, 2.45) is 5.16 Å². The number of carbonyl (C=O) groups excluding carboxylic acids is 1. The second kappa shape index (κ2) is 9.20. The van der Waals surface area contributed by atoms with Crippen LogP contribution in [0.1, 0.15) is 34.8 Å². The first-order valence-corrected chi connectivity index (χ1v) is 9.08. The molecule has 0 spiro atoms. The summed E-state index contributed by atoms with van der Waals surface area (Å²) in [7, 11) is 0. The van der Waals surface area contributed by atoms with Crippen molar-refractivity contribution in [1.82, 2.24) is 15.0 Å². The number of nitrogens with one attached hydrogen (secondary N) is 1. The molecule has 7 nitrogen and oxygen atoms in total. The summed E-state index contributed by atoms with van der Waals surface area (Å²) in [5.41, 5.74) is 1.74. The van der Waals surface area contributed by atoms with Gasteiger partial charge in [-0.2, -0.15) is 0 Å². The second-order valence-corrected chi connectivity index (χ2v) is 6.38. The molecule has 148 valence electrons. The third kappa shape index (κ3) is 4.91. The molecule has 1 N–H and O–H groups in total. The lowest BCUT2D eigenvalue weighted by atomic mass is 10.1. The Morgan fingerprint density at radius 2 is 2.03 bits per heavy atom. The van der Waals surface area contributed by atoms with Gasteiger partial charge in [0.05, 0.1) is 17.5 Å². The number of carbonyl (C=O) groups is 1. The van der Waals surface area contributed by atoms with Crippen molar-refractivity contribution in [3.8, 4) is 5.75 Å². The molecule has 0 atom stereocenters. The first-order valence-electron chi connectivity index (χ1n) is 8.71. The summed E-state index contributed by atoms with van der Waals surface area (Å²) in [5, 5.41) is 7.11. The van der Waals surface area contributed by atoms with Crippen LogP contribution in [0.5, 0.6) is 5.75 Å². The molecule has 0 bridgehead atoms. The highest BCUT2D eigenvalue weighted by Gasteiger charge is 2.13. The zero-order valence-electron chi connectivity index (χ0n) is 15.7. The number of oxime groups is 1. The summed E-state index contributed by atoms with van der Waals surface area (Å²) in [5.74, 6) is -0.326. The molecule has 1 amide bonds. The normalized spacial score (nSPS) is 11.2. The third-order valence-electron chi connectivity index (χ3n) is 4.06. The average molecular weight is 414 g/mol. The zero-order chi connectivity index (χ0) is 20.8. The lowest BCUT2D eigenvalue weighted by Gasteiger charge is -2.09. The number of rotatable bonds is 6. The summed E-state index contributed by atoms with van der Waals surface area (Å²) in [6, 6.07) is 4.98. The SMILES string of the molecule is CC/C(=N\Oc1ccncc1Cl)c1ccc(NC(=O)c2cncc(F)c2C)nc1. The molecule has 29 heavy (non-hydrogen) atoms. The Morgan fingerprint density at radius 1 is 1.21 bits per heavy atom. The van der Waals surface area contributed by atoms with E-state index in [4.69, 9.17) is 16.4 Å². The Kier molecular flexibility index (Phi) is 6.46. The number of hydrogen-bond donors (Lipinski definition) is 1. The molecule has 3 aromatic heterocycles. The van der Waals surface area contributed by atoms with Gasteiger partial charge in [0.25, 0.3) is 5.91 Å². The van der Waals surface area contributed by atoms with Crippen LogP contribution in [-0.4, -0.2) is 26.6 Å². The molecular formula is C20H17ClFN5O2. The molecule has 3 aromatic rings. The maximum Gasteiger partial charge on any atom is 0.258 e. The summed E-state index contributed by atoms with van der Waals surface area (Å²) < 4.78 is 13.6. The van der Waals surface area contributed by atoms with Crippen LogP contribution < -0.4 is 10.2 Å². The van der Waals surface area contributed by atoms with Crippen molar-refractivity contribution < 1.29 is 14.0 Å². The summed E-state index contributed by atoms with van der Waals surface area (Å²) in [6.45, 7) is 3.44. The van der Waals surface area contributed by atoms with E-state index in [1.807, 2.05) is 6.92 Å². The van der Waals surface area contributed by atoms with Crippen LogP contribution in [0.3, 0.4) is 0 Å². The van der Waals surface area contributed by atoms with Gasteiger partial charge < -0.3 is 10.2 Å². The van der Waals surface area contributed by atoms with Crippen molar-refractivity contribution in [3.63, 3.8) is 0 Å². The monoisotopic (exact) mass is 413 g/mol. The number of hydrogen-bond acceptors (Lipinski definition) is 6. The summed E-state index contributed by atoms with van der Waals surface area (Å²) in [4.78, 5) is 29.5. The van der Waals surface area contributed by atoms with Crippen molar-refractivity contribution >= 4 is 29.0 Å². The maximum atomic E-state index is 13.6. The minimum Gasteiger partial charge on any atom is -0.355 e. The number of pyridine rings is 3. The molecule has 0 aliphatic rings. The molecule has 0 unspecified atom stereocenters. The Balaban J connectivity index is 1.73. The van der Waals surface area contributed by atoms with Crippen LogP contribution >= 0.6 is 11.6 Å². The van der Waals surface area contributed by atoms with Crippen molar-refractivity contribution in [2.45, 2.75) is 20.3 Å². The van der Waals surface area contributed by atoms with Gasteiger partial charge in [0.2, 0.25) is 0 Å². The van der Waals surface area contributed by atoms with Crippen LogP contribution in [0.4, 0.5) is 10.2 Å². The van der Waals surface area contributed by atoms with Gasteiger partial charge >= 0.3 is 0 Å². The molecule has 0 saturated carbocycles. The van der Waals surface area contributed by atoms with E-state index in [0.717, 1.165) is 11.8 Å². The first-order chi connectivity index (χ1) is 14.0. The summed E-state index contributed by atoms with van der Waals surface area (Å²) >= 11 is 6.00. The topological polar surface area (TPSA) is 89.4 Å². The van der Waals surface area contributed by atoms with Crippen LogP contribution in [0.15, 0.2) is 54.3 Å². The van der Waals surface area contributed by atoms with E-state index in [2.05, 4.69) is 25.4 Å². The van der Waals surface area contributed by atoms with E-state index in [1.54, 1.807) is 30.6 Å². The molecule has 0 aromatic carbocycles. The average Bonchev–Trinajstić information content (AvgIpc) is 2.72. The van der Waals surface area contributed by atoms with Crippen LogP contribution in [0, 0.1) is 12.7 Å². The molecule has 0 fully saturated rings. The van der Waals surface area contributed by atoms with E-state index in [-0.39, 0.29) is 11.1 Å². The highest BCUT2D eigenvalue weighted by atomic mass is 35.5. The molecule has 0 radical (unpaired) electrons. The lowest BCUT2D eigenvalue weighted by molar-refractivity contribution is 0.102. The molecule has 9 heteroatoms. The smallest absolute Gasteiger partial charge is 0.258 e. The van der Waals surface area contributed by atoms with E-state index < -0.39 is 11.7 Å². The van der Waals surface area contributed by atoms with Gasteiger partial charge in [-0.1, -0.05) is 23.7 Å². The second-order valence-electron chi connectivity index (χ2n) is 5.97. The van der Waals surface area contributed by atoms with Gasteiger partial charge in [0, 0.05) is 42.0 Å².